The second-order valence-corrected chi connectivity index (χ2v) is 5.53. The Morgan fingerprint density at radius 3 is 2.78 bits per heavy atom. The van der Waals surface area contributed by atoms with E-state index in [9.17, 15) is 5.11 Å². The van der Waals surface area contributed by atoms with Gasteiger partial charge in [0.25, 0.3) is 0 Å². The van der Waals surface area contributed by atoms with Crippen LogP contribution >= 0.6 is 0 Å². The van der Waals surface area contributed by atoms with Crippen LogP contribution in [-0.2, 0) is 11.2 Å². The van der Waals surface area contributed by atoms with Crippen LogP contribution in [0.2, 0.25) is 0 Å². The van der Waals surface area contributed by atoms with Crippen LogP contribution in [0.25, 0.3) is 0 Å². The molecule has 0 bridgehead atoms. The lowest BCUT2D eigenvalue weighted by molar-refractivity contribution is 0.0540. The summed E-state index contributed by atoms with van der Waals surface area (Å²) in [6.45, 7) is 4.21. The van der Waals surface area contributed by atoms with Crippen molar-refractivity contribution < 1.29 is 9.84 Å². The summed E-state index contributed by atoms with van der Waals surface area (Å²) in [4.78, 5) is 0. The van der Waals surface area contributed by atoms with Crippen molar-refractivity contribution in [3.8, 4) is 0 Å². The molecule has 0 amide bonds. The van der Waals surface area contributed by atoms with Gasteiger partial charge in [0.2, 0.25) is 0 Å². The number of benzene rings is 1. The first-order chi connectivity index (χ1) is 8.78. The molecule has 1 aromatic carbocycles. The zero-order valence-corrected chi connectivity index (χ0v) is 11.3. The van der Waals surface area contributed by atoms with Crippen LogP contribution in [0.1, 0.15) is 30.4 Å². The molecule has 0 radical (unpaired) electrons. The van der Waals surface area contributed by atoms with Crippen molar-refractivity contribution in [2.24, 2.45) is 11.8 Å². The molecule has 2 heteroatoms. The first-order valence-electron chi connectivity index (χ1n) is 7.02. The minimum absolute atomic E-state index is 0.297. The van der Waals surface area contributed by atoms with Crippen molar-refractivity contribution >= 4 is 0 Å². The third kappa shape index (κ3) is 4.11. The van der Waals surface area contributed by atoms with E-state index >= 15 is 0 Å². The zero-order chi connectivity index (χ0) is 12.8. The van der Waals surface area contributed by atoms with Gasteiger partial charge in [-0.1, -0.05) is 29.8 Å². The second kappa shape index (κ2) is 6.91. The summed E-state index contributed by atoms with van der Waals surface area (Å²) in [5, 5.41) is 9.56. The van der Waals surface area contributed by atoms with Crippen molar-refractivity contribution in [1.29, 1.82) is 0 Å². The van der Waals surface area contributed by atoms with E-state index in [1.807, 2.05) is 0 Å². The van der Waals surface area contributed by atoms with Gasteiger partial charge in [0.05, 0.1) is 0 Å². The van der Waals surface area contributed by atoms with Crippen LogP contribution in [0.3, 0.4) is 0 Å². The van der Waals surface area contributed by atoms with Gasteiger partial charge in [-0.25, -0.2) is 0 Å². The topological polar surface area (TPSA) is 29.5 Å². The molecule has 1 fully saturated rings. The molecule has 0 spiro atoms. The highest BCUT2D eigenvalue weighted by molar-refractivity contribution is 5.22. The monoisotopic (exact) mass is 248 g/mol. The summed E-state index contributed by atoms with van der Waals surface area (Å²) in [6.07, 6.45) is 4.44. The van der Waals surface area contributed by atoms with E-state index in [1.54, 1.807) is 0 Å². The van der Waals surface area contributed by atoms with E-state index in [1.165, 1.54) is 11.1 Å². The molecule has 0 saturated carbocycles. The fraction of sp³-hybridized carbons (Fsp3) is 0.625. The van der Waals surface area contributed by atoms with Gasteiger partial charge < -0.3 is 9.84 Å². The third-order valence-electron chi connectivity index (χ3n) is 3.87. The highest BCUT2D eigenvalue weighted by Crippen LogP contribution is 2.25. The molecule has 1 heterocycles. The number of ether oxygens (including phenoxy) is 1. The minimum Gasteiger partial charge on any atom is -0.396 e. The van der Waals surface area contributed by atoms with Crippen LogP contribution in [0.4, 0.5) is 0 Å². The average molecular weight is 248 g/mol. The number of aliphatic hydroxyl groups excluding tert-OH is 1. The van der Waals surface area contributed by atoms with Crippen LogP contribution in [-0.4, -0.2) is 24.9 Å². The average Bonchev–Trinajstić information content (AvgIpc) is 2.39. The molecule has 0 aliphatic carbocycles. The maximum absolute atomic E-state index is 9.56. The molecule has 1 saturated heterocycles. The molecule has 2 rings (SSSR count). The molecule has 0 aromatic heterocycles. The fourth-order valence-corrected chi connectivity index (χ4v) is 2.85. The van der Waals surface area contributed by atoms with Gasteiger partial charge in [0.15, 0.2) is 0 Å². The molecule has 1 atom stereocenters. The van der Waals surface area contributed by atoms with Crippen LogP contribution < -0.4 is 0 Å². The third-order valence-corrected chi connectivity index (χ3v) is 3.87. The first-order valence-corrected chi connectivity index (χ1v) is 7.02. The summed E-state index contributed by atoms with van der Waals surface area (Å²) < 4.78 is 5.39. The number of aryl methyl sites for hydroxylation is 1. The maximum atomic E-state index is 9.56. The van der Waals surface area contributed by atoms with Gasteiger partial charge >= 0.3 is 0 Å². The highest BCUT2D eigenvalue weighted by atomic mass is 16.5. The van der Waals surface area contributed by atoms with E-state index < -0.39 is 0 Å². The number of hydrogen-bond acceptors (Lipinski definition) is 2. The van der Waals surface area contributed by atoms with Gasteiger partial charge in [0, 0.05) is 19.8 Å². The van der Waals surface area contributed by atoms with Crippen molar-refractivity contribution in [2.75, 3.05) is 19.8 Å². The summed E-state index contributed by atoms with van der Waals surface area (Å²) in [6, 6.07) is 8.62. The van der Waals surface area contributed by atoms with Crippen LogP contribution in [0.5, 0.6) is 0 Å². The number of hydrogen-bond donors (Lipinski definition) is 1. The molecule has 100 valence electrons. The smallest absolute Gasteiger partial charge is 0.0468 e. The standard InChI is InChI=1S/C16H24O2/c1-13-3-2-4-15(9-13)11-16(12-17)10-14-5-7-18-8-6-14/h2-4,9,14,16-17H,5-8,10-12H2,1H3. The quantitative estimate of drug-likeness (QED) is 0.868. The minimum atomic E-state index is 0.297. The Kier molecular flexibility index (Phi) is 5.21. The molecular weight excluding hydrogens is 224 g/mol. The van der Waals surface area contributed by atoms with E-state index in [2.05, 4.69) is 31.2 Å². The molecule has 18 heavy (non-hydrogen) atoms. The second-order valence-electron chi connectivity index (χ2n) is 5.53. The van der Waals surface area contributed by atoms with Gasteiger partial charge in [-0.3, -0.25) is 0 Å². The Bertz CT molecular complexity index is 356. The molecule has 1 N–H and O–H groups in total. The zero-order valence-electron chi connectivity index (χ0n) is 11.3. The fourth-order valence-electron chi connectivity index (χ4n) is 2.85. The van der Waals surface area contributed by atoms with E-state index in [0.29, 0.717) is 12.5 Å². The number of aliphatic hydroxyl groups is 1. The molecule has 1 aromatic rings. The number of rotatable bonds is 5. The van der Waals surface area contributed by atoms with Crippen LogP contribution in [0, 0.1) is 18.8 Å². The lowest BCUT2D eigenvalue weighted by Gasteiger charge is -2.25. The Morgan fingerprint density at radius 2 is 2.11 bits per heavy atom. The summed E-state index contributed by atoms with van der Waals surface area (Å²) >= 11 is 0. The predicted octanol–water partition coefficient (Wildman–Crippen LogP) is 2.96. The van der Waals surface area contributed by atoms with Gasteiger partial charge in [-0.05, 0) is 50.0 Å². The summed E-state index contributed by atoms with van der Waals surface area (Å²) in [5.41, 5.74) is 2.65. The summed E-state index contributed by atoms with van der Waals surface area (Å²) in [5.74, 6) is 1.13. The first kappa shape index (κ1) is 13.6. The Morgan fingerprint density at radius 1 is 1.33 bits per heavy atom. The van der Waals surface area contributed by atoms with Crippen molar-refractivity contribution in [3.05, 3.63) is 35.4 Å². The SMILES string of the molecule is Cc1cccc(CC(CO)CC2CCOCC2)c1. The molecule has 1 unspecified atom stereocenters. The molecule has 1 aliphatic rings. The lowest BCUT2D eigenvalue weighted by atomic mass is 9.86. The van der Waals surface area contributed by atoms with Crippen molar-refractivity contribution in [1.82, 2.24) is 0 Å². The predicted molar refractivity (Wildman–Crippen MR) is 73.6 cm³/mol. The molecule has 1 aliphatic heterocycles. The van der Waals surface area contributed by atoms with E-state index in [-0.39, 0.29) is 0 Å². The van der Waals surface area contributed by atoms with Crippen LogP contribution in [0.15, 0.2) is 24.3 Å². The van der Waals surface area contributed by atoms with E-state index in [4.69, 9.17) is 4.74 Å². The maximum Gasteiger partial charge on any atom is 0.0468 e. The summed E-state index contributed by atoms with van der Waals surface area (Å²) in [7, 11) is 0. The molecular formula is C16H24O2. The lowest BCUT2D eigenvalue weighted by Crippen LogP contribution is -2.21. The Hall–Kier alpha value is -0.860. The van der Waals surface area contributed by atoms with Crippen molar-refractivity contribution in [2.45, 2.75) is 32.6 Å². The van der Waals surface area contributed by atoms with Gasteiger partial charge in [-0.15, -0.1) is 0 Å². The van der Waals surface area contributed by atoms with Gasteiger partial charge in [0.1, 0.15) is 0 Å². The highest BCUT2D eigenvalue weighted by Gasteiger charge is 2.19. The Balaban J connectivity index is 1.88. The van der Waals surface area contributed by atoms with Crippen molar-refractivity contribution in [3.63, 3.8) is 0 Å². The van der Waals surface area contributed by atoms with Gasteiger partial charge in [-0.2, -0.15) is 0 Å². The van der Waals surface area contributed by atoms with E-state index in [0.717, 1.165) is 44.8 Å². The normalized spacial score (nSPS) is 18.8. The Labute approximate surface area is 110 Å². The largest absolute Gasteiger partial charge is 0.396 e. The molecule has 2 nitrogen and oxygen atoms in total.